The number of nitrogens with zero attached hydrogens (tertiary/aromatic N) is 2. The van der Waals surface area contributed by atoms with E-state index in [1.807, 2.05) is 0 Å². The van der Waals surface area contributed by atoms with Crippen molar-refractivity contribution in [2.75, 3.05) is 6.61 Å². The average molecular weight is 288 g/mol. The fourth-order valence-corrected chi connectivity index (χ4v) is 2.29. The van der Waals surface area contributed by atoms with E-state index in [9.17, 15) is 4.39 Å². The van der Waals surface area contributed by atoms with Gasteiger partial charge in [0.2, 0.25) is 0 Å². The number of aliphatic hydroxyl groups excluding tert-OH is 1. The highest BCUT2D eigenvalue weighted by Gasteiger charge is 2.04. The Kier molecular flexibility index (Phi) is 5.54. The predicted octanol–water partition coefficient (Wildman–Crippen LogP) is 2.64. The molecule has 0 saturated carbocycles. The van der Waals surface area contributed by atoms with Gasteiger partial charge < -0.3 is 5.11 Å². The molecule has 0 radical (unpaired) electrons. The monoisotopic (exact) mass is 288 g/mol. The summed E-state index contributed by atoms with van der Waals surface area (Å²) in [5.41, 5.74) is 1.23. The van der Waals surface area contributed by atoms with Crippen LogP contribution in [0.3, 0.4) is 0 Å². The van der Waals surface area contributed by atoms with Crippen LogP contribution in [0.4, 0.5) is 4.39 Å². The summed E-state index contributed by atoms with van der Waals surface area (Å²) in [5.74, 6) is 5.81. The molecule has 1 heterocycles. The van der Waals surface area contributed by atoms with Crippen LogP contribution in [-0.2, 0) is 5.75 Å². The lowest BCUT2D eigenvalue weighted by Crippen LogP contribution is -1.90. The number of benzene rings is 1. The van der Waals surface area contributed by atoms with Crippen molar-refractivity contribution in [1.82, 2.24) is 9.97 Å². The van der Waals surface area contributed by atoms with Gasteiger partial charge in [0.05, 0.1) is 11.6 Å². The number of halogens is 1. The average Bonchev–Trinajstić information content (AvgIpc) is 2.48. The summed E-state index contributed by atoms with van der Waals surface area (Å²) < 4.78 is 13.9. The molecule has 0 aliphatic heterocycles. The number of hydrogen-bond acceptors (Lipinski definition) is 4. The van der Waals surface area contributed by atoms with Crippen LogP contribution in [0.1, 0.15) is 17.5 Å². The van der Waals surface area contributed by atoms with Gasteiger partial charge in [-0.15, -0.1) is 11.8 Å². The zero-order chi connectivity index (χ0) is 14.2. The van der Waals surface area contributed by atoms with Crippen molar-refractivity contribution in [3.8, 4) is 11.8 Å². The highest BCUT2D eigenvalue weighted by molar-refractivity contribution is 7.98. The van der Waals surface area contributed by atoms with Crippen LogP contribution in [-0.4, -0.2) is 21.7 Å². The Balaban J connectivity index is 2.01. The Morgan fingerprint density at radius 1 is 1.30 bits per heavy atom. The Bertz CT molecular complexity index is 623. The van der Waals surface area contributed by atoms with E-state index in [2.05, 4.69) is 21.8 Å². The van der Waals surface area contributed by atoms with E-state index in [0.717, 1.165) is 5.03 Å². The van der Waals surface area contributed by atoms with E-state index < -0.39 is 0 Å². The second-order valence-electron chi connectivity index (χ2n) is 3.92. The molecule has 0 aliphatic carbocycles. The highest BCUT2D eigenvalue weighted by atomic mass is 32.2. The number of thioether (sulfide) groups is 1. The van der Waals surface area contributed by atoms with E-state index in [1.165, 1.54) is 24.2 Å². The molecular weight excluding hydrogens is 275 g/mol. The third-order valence-electron chi connectivity index (χ3n) is 2.45. The summed E-state index contributed by atoms with van der Waals surface area (Å²) in [7, 11) is 0. The van der Waals surface area contributed by atoms with Crippen molar-refractivity contribution in [3.05, 3.63) is 53.7 Å². The predicted molar refractivity (Wildman–Crippen MR) is 76.6 cm³/mol. The van der Waals surface area contributed by atoms with Gasteiger partial charge in [-0.25, -0.2) is 14.4 Å². The van der Waals surface area contributed by atoms with Gasteiger partial charge in [0.25, 0.3) is 0 Å². The molecule has 0 unspecified atom stereocenters. The van der Waals surface area contributed by atoms with Crippen molar-refractivity contribution in [2.24, 2.45) is 0 Å². The summed E-state index contributed by atoms with van der Waals surface area (Å²) in [6.07, 6.45) is 3.52. The first-order chi connectivity index (χ1) is 9.79. The van der Waals surface area contributed by atoms with Gasteiger partial charge in [0.1, 0.15) is 12.1 Å². The lowest BCUT2D eigenvalue weighted by Gasteiger charge is -2.03. The van der Waals surface area contributed by atoms with Gasteiger partial charge in [-0.1, -0.05) is 17.9 Å². The number of aromatic nitrogens is 2. The minimum absolute atomic E-state index is 0.0170. The molecular formula is C15H13FN2OS. The van der Waals surface area contributed by atoms with Gasteiger partial charge in [0.15, 0.2) is 0 Å². The zero-order valence-corrected chi connectivity index (χ0v) is 11.5. The third kappa shape index (κ3) is 4.34. The molecule has 1 aromatic heterocycles. The highest BCUT2D eigenvalue weighted by Crippen LogP contribution is 2.22. The molecule has 1 aromatic carbocycles. The zero-order valence-electron chi connectivity index (χ0n) is 10.7. The molecule has 102 valence electrons. The van der Waals surface area contributed by atoms with Crippen molar-refractivity contribution in [1.29, 1.82) is 0 Å². The number of aliphatic hydroxyl groups is 1. The maximum Gasteiger partial charge on any atom is 0.128 e. The Labute approximate surface area is 121 Å². The smallest absolute Gasteiger partial charge is 0.128 e. The van der Waals surface area contributed by atoms with E-state index in [0.29, 0.717) is 23.3 Å². The molecule has 3 nitrogen and oxygen atoms in total. The Morgan fingerprint density at radius 2 is 2.20 bits per heavy atom. The Morgan fingerprint density at radius 3 is 2.90 bits per heavy atom. The third-order valence-corrected chi connectivity index (χ3v) is 3.45. The molecule has 0 atom stereocenters. The first kappa shape index (κ1) is 14.5. The van der Waals surface area contributed by atoms with Gasteiger partial charge in [-0.05, 0) is 23.8 Å². The Hall–Kier alpha value is -1.90. The van der Waals surface area contributed by atoms with E-state index in [4.69, 9.17) is 5.11 Å². The summed E-state index contributed by atoms with van der Waals surface area (Å²) in [6.45, 7) is 0.0170. The largest absolute Gasteiger partial charge is 0.395 e. The summed E-state index contributed by atoms with van der Waals surface area (Å²) in [6, 6.07) is 6.72. The van der Waals surface area contributed by atoms with E-state index in [1.54, 1.807) is 24.4 Å². The molecule has 2 aromatic rings. The molecule has 20 heavy (non-hydrogen) atoms. The van der Waals surface area contributed by atoms with Crippen LogP contribution < -0.4 is 0 Å². The first-order valence-corrected chi connectivity index (χ1v) is 7.05. The lowest BCUT2D eigenvalue weighted by molar-refractivity contribution is 0.305. The first-order valence-electron chi connectivity index (χ1n) is 6.06. The molecule has 0 spiro atoms. The molecule has 5 heteroatoms. The van der Waals surface area contributed by atoms with Crippen molar-refractivity contribution in [2.45, 2.75) is 17.2 Å². The fourth-order valence-electron chi connectivity index (χ4n) is 1.48. The molecule has 0 fully saturated rings. The molecule has 1 N–H and O–H groups in total. The number of hydrogen-bond donors (Lipinski definition) is 1. The van der Waals surface area contributed by atoms with Gasteiger partial charge in [-0.3, -0.25) is 0 Å². The number of rotatable bonds is 4. The molecule has 0 aliphatic rings. The van der Waals surface area contributed by atoms with Gasteiger partial charge in [0, 0.05) is 23.9 Å². The fraction of sp³-hybridized carbons (Fsp3) is 0.200. The van der Waals surface area contributed by atoms with E-state index >= 15 is 0 Å². The maximum absolute atomic E-state index is 13.9. The molecule has 0 amide bonds. The van der Waals surface area contributed by atoms with Crippen LogP contribution in [0.5, 0.6) is 0 Å². The molecule has 2 rings (SSSR count). The SMILES string of the molecule is OCCC#Cc1ccc(CSc2ccncn2)c(F)c1. The van der Waals surface area contributed by atoms with Crippen LogP contribution in [0.25, 0.3) is 0 Å². The van der Waals surface area contributed by atoms with Crippen LogP contribution in [0.2, 0.25) is 0 Å². The molecule has 0 bridgehead atoms. The second-order valence-corrected chi connectivity index (χ2v) is 4.91. The molecule has 0 saturated heterocycles. The van der Waals surface area contributed by atoms with Crippen molar-refractivity contribution < 1.29 is 9.50 Å². The standard InChI is InChI=1S/C15H13FN2OS/c16-14-9-12(3-1-2-8-19)4-5-13(14)10-20-15-6-7-17-11-18-15/h4-7,9,11,19H,2,8,10H2. The second kappa shape index (κ2) is 7.63. The summed E-state index contributed by atoms with van der Waals surface area (Å²) in [4.78, 5) is 7.91. The minimum Gasteiger partial charge on any atom is -0.395 e. The van der Waals surface area contributed by atoms with Crippen molar-refractivity contribution >= 4 is 11.8 Å². The summed E-state index contributed by atoms with van der Waals surface area (Å²) in [5, 5.41) is 9.44. The topological polar surface area (TPSA) is 46.0 Å². The van der Waals surface area contributed by atoms with Crippen LogP contribution in [0.15, 0.2) is 41.8 Å². The minimum atomic E-state index is -0.276. The van der Waals surface area contributed by atoms with Crippen LogP contribution in [0, 0.1) is 17.7 Å². The van der Waals surface area contributed by atoms with Gasteiger partial charge in [-0.2, -0.15) is 0 Å². The van der Waals surface area contributed by atoms with E-state index in [-0.39, 0.29) is 12.4 Å². The summed E-state index contributed by atoms with van der Waals surface area (Å²) >= 11 is 1.45. The lowest BCUT2D eigenvalue weighted by atomic mass is 10.1. The maximum atomic E-state index is 13.9. The normalized spacial score (nSPS) is 9.90. The van der Waals surface area contributed by atoms with Crippen molar-refractivity contribution in [3.63, 3.8) is 0 Å². The van der Waals surface area contributed by atoms with Gasteiger partial charge >= 0.3 is 0 Å². The van der Waals surface area contributed by atoms with Crippen LogP contribution >= 0.6 is 11.8 Å². The quantitative estimate of drug-likeness (QED) is 0.534.